The van der Waals surface area contributed by atoms with Gasteiger partial charge in [-0.15, -0.1) is 0 Å². The molecule has 0 saturated heterocycles. The number of pyridine rings is 1. The van der Waals surface area contributed by atoms with Crippen molar-refractivity contribution in [1.82, 2.24) is 15.6 Å². The third-order valence-corrected chi connectivity index (χ3v) is 3.73. The molecule has 0 bridgehead atoms. The highest BCUT2D eigenvalue weighted by atomic mass is 16.5. The van der Waals surface area contributed by atoms with Gasteiger partial charge in [0, 0.05) is 50.0 Å². The molecule has 0 aliphatic heterocycles. The molecule has 2 rings (SSSR count). The third-order valence-electron chi connectivity index (χ3n) is 3.73. The summed E-state index contributed by atoms with van der Waals surface area (Å²) in [6.45, 7) is 1.61. The molecule has 0 radical (unpaired) electrons. The number of carbonyl (C=O) groups excluding carboxylic acids is 1. The summed E-state index contributed by atoms with van der Waals surface area (Å²) in [5, 5.41) is 15.1. The lowest BCUT2D eigenvalue weighted by atomic mass is 10.1. The summed E-state index contributed by atoms with van der Waals surface area (Å²) in [5.41, 5.74) is 1.30. The molecule has 1 aliphatic carbocycles. The molecule has 1 aliphatic rings. The van der Waals surface area contributed by atoms with Gasteiger partial charge >= 0.3 is 0 Å². The maximum Gasteiger partial charge on any atom is 0.269 e. The predicted molar refractivity (Wildman–Crippen MR) is 74.6 cm³/mol. The fourth-order valence-electron chi connectivity index (χ4n) is 2.07. The van der Waals surface area contributed by atoms with Crippen LogP contribution in [0.1, 0.15) is 28.9 Å². The number of rotatable bonds is 7. The Kier molecular flexibility index (Phi) is 4.57. The first-order valence-electron chi connectivity index (χ1n) is 6.71. The monoisotopic (exact) mass is 279 g/mol. The zero-order valence-corrected chi connectivity index (χ0v) is 11.9. The van der Waals surface area contributed by atoms with E-state index in [9.17, 15) is 9.90 Å². The molecule has 1 aromatic heterocycles. The Bertz CT molecular complexity index is 487. The lowest BCUT2D eigenvalue weighted by Gasteiger charge is -2.14. The van der Waals surface area contributed by atoms with Gasteiger partial charge in [-0.2, -0.15) is 0 Å². The van der Waals surface area contributed by atoms with Gasteiger partial charge in [-0.1, -0.05) is 0 Å². The second-order valence-electron chi connectivity index (χ2n) is 5.22. The van der Waals surface area contributed by atoms with Crippen LogP contribution in [0.15, 0.2) is 12.3 Å². The number of hydrogen-bond acceptors (Lipinski definition) is 5. The average molecular weight is 279 g/mol. The quantitative estimate of drug-likeness (QED) is 0.669. The lowest BCUT2D eigenvalue weighted by Crippen LogP contribution is -2.26. The van der Waals surface area contributed by atoms with Gasteiger partial charge in [0.15, 0.2) is 0 Å². The summed E-state index contributed by atoms with van der Waals surface area (Å²) < 4.78 is 5.30. The summed E-state index contributed by atoms with van der Waals surface area (Å²) in [6.07, 6.45) is 3.79. The van der Waals surface area contributed by atoms with Crippen LogP contribution < -0.4 is 15.4 Å². The van der Waals surface area contributed by atoms with Gasteiger partial charge in [0.2, 0.25) is 0 Å². The Morgan fingerprint density at radius 2 is 2.30 bits per heavy atom. The Morgan fingerprint density at radius 1 is 1.55 bits per heavy atom. The molecule has 3 N–H and O–H groups in total. The SMILES string of the molecule is CNC(=O)c1cc(OC)c(CNCC2(CO)CC2)cn1. The normalized spacial score (nSPS) is 15.8. The van der Waals surface area contributed by atoms with Crippen LogP contribution in [-0.2, 0) is 6.54 Å². The number of nitrogens with one attached hydrogen (secondary N) is 2. The van der Waals surface area contributed by atoms with Crippen LogP contribution in [-0.4, -0.2) is 43.3 Å². The van der Waals surface area contributed by atoms with E-state index in [0.717, 1.165) is 24.9 Å². The van der Waals surface area contributed by atoms with Crippen LogP contribution in [0.3, 0.4) is 0 Å². The zero-order chi connectivity index (χ0) is 14.6. The maximum atomic E-state index is 11.5. The number of aliphatic hydroxyl groups excluding tert-OH is 1. The number of methoxy groups -OCH3 is 1. The van der Waals surface area contributed by atoms with E-state index in [1.165, 1.54) is 0 Å². The van der Waals surface area contributed by atoms with Crippen molar-refractivity contribution in [2.75, 3.05) is 27.3 Å². The molecule has 1 saturated carbocycles. The number of ether oxygens (including phenoxy) is 1. The molecule has 1 aromatic rings. The molecular weight excluding hydrogens is 258 g/mol. The number of aliphatic hydroxyl groups is 1. The number of hydrogen-bond donors (Lipinski definition) is 3. The highest BCUT2D eigenvalue weighted by Gasteiger charge is 2.41. The molecule has 6 heteroatoms. The minimum Gasteiger partial charge on any atom is -0.496 e. The van der Waals surface area contributed by atoms with Crippen LogP contribution in [0.4, 0.5) is 0 Å². The van der Waals surface area contributed by atoms with E-state index in [1.807, 2.05) is 0 Å². The zero-order valence-electron chi connectivity index (χ0n) is 11.9. The molecule has 0 unspecified atom stereocenters. The Morgan fingerprint density at radius 3 is 2.85 bits per heavy atom. The van der Waals surface area contributed by atoms with Crippen molar-refractivity contribution in [3.05, 3.63) is 23.5 Å². The summed E-state index contributed by atoms with van der Waals surface area (Å²) in [5.74, 6) is 0.403. The van der Waals surface area contributed by atoms with E-state index in [4.69, 9.17) is 4.74 Å². The summed E-state index contributed by atoms with van der Waals surface area (Å²) in [6, 6.07) is 1.63. The molecule has 0 aromatic carbocycles. The van der Waals surface area contributed by atoms with Gasteiger partial charge in [0.05, 0.1) is 7.11 Å². The van der Waals surface area contributed by atoms with Crippen LogP contribution in [0.2, 0.25) is 0 Å². The predicted octanol–water partition coefficient (Wildman–Crippen LogP) is 0.312. The first-order chi connectivity index (χ1) is 9.64. The molecule has 110 valence electrons. The van der Waals surface area contributed by atoms with Crippen molar-refractivity contribution in [2.24, 2.45) is 5.41 Å². The lowest BCUT2D eigenvalue weighted by molar-refractivity contribution is 0.0957. The molecule has 6 nitrogen and oxygen atoms in total. The second-order valence-corrected chi connectivity index (χ2v) is 5.22. The van der Waals surface area contributed by atoms with E-state index in [0.29, 0.717) is 18.0 Å². The summed E-state index contributed by atoms with van der Waals surface area (Å²) in [4.78, 5) is 15.6. The van der Waals surface area contributed by atoms with Crippen molar-refractivity contribution in [3.63, 3.8) is 0 Å². The molecule has 20 heavy (non-hydrogen) atoms. The molecule has 0 atom stereocenters. The van der Waals surface area contributed by atoms with Crippen molar-refractivity contribution in [2.45, 2.75) is 19.4 Å². The van der Waals surface area contributed by atoms with Crippen molar-refractivity contribution < 1.29 is 14.6 Å². The van der Waals surface area contributed by atoms with Gasteiger partial charge < -0.3 is 20.5 Å². The molecule has 1 heterocycles. The standard InChI is InChI=1S/C14H21N3O3/c1-15-13(19)11-5-12(20-2)10(7-17-11)6-16-8-14(9-18)3-4-14/h5,7,16,18H,3-4,6,8-9H2,1-2H3,(H,15,19). The number of aromatic nitrogens is 1. The summed E-state index contributed by atoms with van der Waals surface area (Å²) >= 11 is 0. The number of carbonyl (C=O) groups is 1. The topological polar surface area (TPSA) is 83.5 Å². The maximum absolute atomic E-state index is 11.5. The van der Waals surface area contributed by atoms with Crippen LogP contribution in [0, 0.1) is 5.41 Å². The minimum atomic E-state index is -0.236. The smallest absolute Gasteiger partial charge is 0.269 e. The van der Waals surface area contributed by atoms with Crippen LogP contribution in [0.5, 0.6) is 5.75 Å². The van der Waals surface area contributed by atoms with Gasteiger partial charge in [-0.3, -0.25) is 9.78 Å². The van der Waals surface area contributed by atoms with Crippen molar-refractivity contribution in [1.29, 1.82) is 0 Å². The number of amides is 1. The average Bonchev–Trinajstić information content (AvgIpc) is 3.27. The van der Waals surface area contributed by atoms with E-state index >= 15 is 0 Å². The molecular formula is C14H21N3O3. The van der Waals surface area contributed by atoms with E-state index in [2.05, 4.69) is 15.6 Å². The molecule has 1 fully saturated rings. The molecule has 1 amide bonds. The van der Waals surface area contributed by atoms with E-state index < -0.39 is 0 Å². The van der Waals surface area contributed by atoms with E-state index in [-0.39, 0.29) is 17.9 Å². The Balaban J connectivity index is 1.98. The van der Waals surface area contributed by atoms with Crippen LogP contribution in [0.25, 0.3) is 0 Å². The second kappa shape index (κ2) is 6.19. The van der Waals surface area contributed by atoms with E-state index in [1.54, 1.807) is 26.4 Å². The molecule has 0 spiro atoms. The summed E-state index contributed by atoms with van der Waals surface area (Å²) in [7, 11) is 3.14. The fraction of sp³-hybridized carbons (Fsp3) is 0.571. The van der Waals surface area contributed by atoms with Crippen molar-refractivity contribution >= 4 is 5.91 Å². The fourth-order valence-corrected chi connectivity index (χ4v) is 2.07. The first-order valence-corrected chi connectivity index (χ1v) is 6.71. The minimum absolute atomic E-state index is 0.0721. The van der Waals surface area contributed by atoms with Gasteiger partial charge in [0.25, 0.3) is 5.91 Å². The first kappa shape index (κ1) is 14.7. The van der Waals surface area contributed by atoms with Crippen molar-refractivity contribution in [3.8, 4) is 5.75 Å². The highest BCUT2D eigenvalue weighted by molar-refractivity contribution is 5.92. The highest BCUT2D eigenvalue weighted by Crippen LogP contribution is 2.44. The Labute approximate surface area is 118 Å². The van der Waals surface area contributed by atoms with Gasteiger partial charge in [-0.25, -0.2) is 0 Å². The van der Waals surface area contributed by atoms with Crippen LogP contribution >= 0.6 is 0 Å². The third kappa shape index (κ3) is 3.26. The van der Waals surface area contributed by atoms with Gasteiger partial charge in [-0.05, 0) is 12.8 Å². The Hall–Kier alpha value is -1.66. The largest absolute Gasteiger partial charge is 0.496 e. The number of nitrogens with zero attached hydrogens (tertiary/aromatic N) is 1. The van der Waals surface area contributed by atoms with Gasteiger partial charge in [0.1, 0.15) is 11.4 Å².